The van der Waals surface area contributed by atoms with Crippen LogP contribution in [0.1, 0.15) is 25.3 Å². The molecule has 122 valence electrons. The monoisotopic (exact) mass is 322 g/mol. The summed E-state index contributed by atoms with van der Waals surface area (Å²) in [7, 11) is 0. The first-order valence-corrected chi connectivity index (χ1v) is 7.59. The molecule has 2 aromatic heterocycles. The lowest BCUT2D eigenvalue weighted by Gasteiger charge is -2.11. The van der Waals surface area contributed by atoms with E-state index >= 15 is 0 Å². The molecule has 6 heteroatoms. The van der Waals surface area contributed by atoms with E-state index in [9.17, 15) is 0 Å². The van der Waals surface area contributed by atoms with Gasteiger partial charge in [-0.3, -0.25) is 4.98 Å². The Morgan fingerprint density at radius 2 is 1.58 bits per heavy atom. The normalized spacial score (nSPS) is 10.6. The number of rotatable bonds is 5. The van der Waals surface area contributed by atoms with Gasteiger partial charge in [-0.15, -0.1) is 0 Å². The molecule has 0 saturated carbocycles. The van der Waals surface area contributed by atoms with Crippen LogP contribution < -0.4 is 15.2 Å². The molecule has 0 spiro atoms. The second-order valence-electron chi connectivity index (χ2n) is 5.51. The molecular weight excluding hydrogens is 304 g/mol. The van der Waals surface area contributed by atoms with Crippen molar-refractivity contribution < 1.29 is 9.47 Å². The van der Waals surface area contributed by atoms with Crippen LogP contribution >= 0.6 is 0 Å². The summed E-state index contributed by atoms with van der Waals surface area (Å²) in [5, 5.41) is 0. The lowest BCUT2D eigenvalue weighted by molar-refractivity contribution is 0.437. The highest BCUT2D eigenvalue weighted by molar-refractivity contribution is 5.57. The summed E-state index contributed by atoms with van der Waals surface area (Å²) < 4.78 is 11.4. The van der Waals surface area contributed by atoms with Crippen molar-refractivity contribution in [2.45, 2.75) is 19.8 Å². The maximum atomic E-state index is 6.06. The molecule has 0 aliphatic rings. The van der Waals surface area contributed by atoms with E-state index < -0.39 is 0 Å². The van der Waals surface area contributed by atoms with Gasteiger partial charge in [0.2, 0.25) is 11.8 Å². The zero-order valence-electron chi connectivity index (χ0n) is 13.5. The Balaban J connectivity index is 1.80. The zero-order chi connectivity index (χ0) is 16.9. The third-order valence-corrected chi connectivity index (χ3v) is 3.42. The van der Waals surface area contributed by atoms with Crippen molar-refractivity contribution in [3.05, 3.63) is 60.7 Å². The second-order valence-corrected chi connectivity index (χ2v) is 5.51. The van der Waals surface area contributed by atoms with Gasteiger partial charge in [-0.05, 0) is 35.7 Å². The van der Waals surface area contributed by atoms with Crippen LogP contribution in [0.5, 0.6) is 23.3 Å². The molecular formula is C18H18N4O2. The molecule has 0 aliphatic carbocycles. The number of nitrogens with zero attached hydrogens (tertiary/aromatic N) is 3. The number of hydrogen-bond donors (Lipinski definition) is 1. The van der Waals surface area contributed by atoms with Gasteiger partial charge in [0.05, 0.1) is 6.20 Å². The van der Waals surface area contributed by atoms with Crippen LogP contribution in [-0.4, -0.2) is 15.0 Å². The number of benzene rings is 1. The van der Waals surface area contributed by atoms with Gasteiger partial charge >= 0.3 is 0 Å². The molecule has 2 heterocycles. The zero-order valence-corrected chi connectivity index (χ0v) is 13.5. The molecule has 0 unspecified atom stereocenters. The highest BCUT2D eigenvalue weighted by Crippen LogP contribution is 2.33. The van der Waals surface area contributed by atoms with Gasteiger partial charge in [0, 0.05) is 6.20 Å². The molecule has 3 rings (SSSR count). The predicted octanol–water partition coefficient (Wildman–Crippen LogP) is 4.16. The molecule has 0 fully saturated rings. The number of ether oxygens (including phenoxy) is 2. The Labute approximate surface area is 140 Å². The van der Waals surface area contributed by atoms with Gasteiger partial charge in [-0.25, -0.2) is 0 Å². The molecule has 0 bridgehead atoms. The molecule has 3 aromatic rings. The number of pyridine rings is 1. The second kappa shape index (κ2) is 6.95. The quantitative estimate of drug-likeness (QED) is 0.759. The topological polar surface area (TPSA) is 83.2 Å². The fourth-order valence-electron chi connectivity index (χ4n) is 2.08. The van der Waals surface area contributed by atoms with E-state index in [2.05, 4.69) is 28.8 Å². The van der Waals surface area contributed by atoms with Crippen molar-refractivity contribution in [1.29, 1.82) is 0 Å². The van der Waals surface area contributed by atoms with Crippen LogP contribution in [-0.2, 0) is 0 Å². The lowest BCUT2D eigenvalue weighted by atomic mass is 10.0. The summed E-state index contributed by atoms with van der Waals surface area (Å²) in [6, 6.07) is 11.3. The fraction of sp³-hybridized carbons (Fsp3) is 0.167. The standard InChI is InChI=1S/C18H18N4O2/c1-12(2)13-5-7-14(8-6-13)23-17-16(19)18(22-11-21-17)24-15-4-3-9-20-10-15/h3-12H,19H2,1-2H3. The summed E-state index contributed by atoms with van der Waals surface area (Å²) in [6.07, 6.45) is 4.58. The maximum absolute atomic E-state index is 6.06. The van der Waals surface area contributed by atoms with Crippen molar-refractivity contribution >= 4 is 5.69 Å². The van der Waals surface area contributed by atoms with E-state index in [0.29, 0.717) is 17.4 Å². The van der Waals surface area contributed by atoms with E-state index in [4.69, 9.17) is 15.2 Å². The minimum absolute atomic E-state index is 0.229. The first kappa shape index (κ1) is 15.7. The van der Waals surface area contributed by atoms with E-state index in [1.807, 2.05) is 24.3 Å². The van der Waals surface area contributed by atoms with Crippen LogP contribution in [0.25, 0.3) is 0 Å². The molecule has 2 N–H and O–H groups in total. The number of aromatic nitrogens is 3. The van der Waals surface area contributed by atoms with Crippen molar-refractivity contribution in [1.82, 2.24) is 15.0 Å². The Morgan fingerprint density at radius 3 is 2.17 bits per heavy atom. The summed E-state index contributed by atoms with van der Waals surface area (Å²) in [4.78, 5) is 12.1. The third kappa shape index (κ3) is 3.60. The molecule has 1 aromatic carbocycles. The average Bonchev–Trinajstić information content (AvgIpc) is 2.60. The van der Waals surface area contributed by atoms with Gasteiger partial charge < -0.3 is 15.2 Å². The highest BCUT2D eigenvalue weighted by atomic mass is 16.5. The van der Waals surface area contributed by atoms with E-state index in [1.165, 1.54) is 11.9 Å². The van der Waals surface area contributed by atoms with E-state index in [-0.39, 0.29) is 17.4 Å². The summed E-state index contributed by atoms with van der Waals surface area (Å²) in [5.41, 5.74) is 7.53. The Hall–Kier alpha value is -3.15. The van der Waals surface area contributed by atoms with Crippen LogP contribution in [0, 0.1) is 0 Å². The molecule has 0 saturated heterocycles. The predicted molar refractivity (Wildman–Crippen MR) is 91.4 cm³/mol. The van der Waals surface area contributed by atoms with Gasteiger partial charge in [0.25, 0.3) is 0 Å². The number of anilines is 1. The van der Waals surface area contributed by atoms with Crippen LogP contribution in [0.4, 0.5) is 5.69 Å². The van der Waals surface area contributed by atoms with Gasteiger partial charge in [-0.1, -0.05) is 26.0 Å². The minimum Gasteiger partial charge on any atom is -0.437 e. The Morgan fingerprint density at radius 1 is 0.917 bits per heavy atom. The maximum Gasteiger partial charge on any atom is 0.249 e. The number of nitrogens with two attached hydrogens (primary N) is 1. The first-order chi connectivity index (χ1) is 11.6. The van der Waals surface area contributed by atoms with Gasteiger partial charge in [0.1, 0.15) is 17.8 Å². The number of nitrogen functional groups attached to an aromatic ring is 1. The third-order valence-electron chi connectivity index (χ3n) is 3.42. The fourth-order valence-corrected chi connectivity index (χ4v) is 2.08. The van der Waals surface area contributed by atoms with Crippen molar-refractivity contribution in [2.24, 2.45) is 0 Å². The molecule has 0 amide bonds. The lowest BCUT2D eigenvalue weighted by Crippen LogP contribution is -2.00. The van der Waals surface area contributed by atoms with Crippen LogP contribution in [0.3, 0.4) is 0 Å². The summed E-state index contributed by atoms with van der Waals surface area (Å²) >= 11 is 0. The van der Waals surface area contributed by atoms with Crippen LogP contribution in [0.2, 0.25) is 0 Å². The largest absolute Gasteiger partial charge is 0.437 e. The van der Waals surface area contributed by atoms with Gasteiger partial charge in [0.15, 0.2) is 5.69 Å². The molecule has 24 heavy (non-hydrogen) atoms. The summed E-state index contributed by atoms with van der Waals surface area (Å²) in [5.74, 6) is 2.13. The van der Waals surface area contributed by atoms with Crippen molar-refractivity contribution in [2.75, 3.05) is 5.73 Å². The number of hydrogen-bond acceptors (Lipinski definition) is 6. The summed E-state index contributed by atoms with van der Waals surface area (Å²) in [6.45, 7) is 4.28. The molecule has 6 nitrogen and oxygen atoms in total. The Bertz CT molecular complexity index is 805. The smallest absolute Gasteiger partial charge is 0.249 e. The van der Waals surface area contributed by atoms with E-state index in [1.54, 1.807) is 24.5 Å². The SMILES string of the molecule is CC(C)c1ccc(Oc2ncnc(Oc3cccnc3)c2N)cc1. The molecule has 0 atom stereocenters. The molecule has 0 radical (unpaired) electrons. The van der Waals surface area contributed by atoms with Crippen LogP contribution in [0.15, 0.2) is 55.1 Å². The van der Waals surface area contributed by atoms with Crippen molar-refractivity contribution in [3.8, 4) is 23.3 Å². The average molecular weight is 322 g/mol. The van der Waals surface area contributed by atoms with Gasteiger partial charge in [-0.2, -0.15) is 9.97 Å². The molecule has 0 aliphatic heterocycles. The van der Waals surface area contributed by atoms with Crippen molar-refractivity contribution in [3.63, 3.8) is 0 Å². The first-order valence-electron chi connectivity index (χ1n) is 7.59. The Kier molecular flexibility index (Phi) is 4.56. The van der Waals surface area contributed by atoms with E-state index in [0.717, 1.165) is 0 Å². The highest BCUT2D eigenvalue weighted by Gasteiger charge is 2.12. The minimum atomic E-state index is 0.229.